The van der Waals surface area contributed by atoms with Gasteiger partial charge in [0.2, 0.25) is 11.8 Å². The first kappa shape index (κ1) is 18.3. The number of nitrogens with one attached hydrogen (secondary N) is 1. The Morgan fingerprint density at radius 1 is 0.893 bits per heavy atom. The third-order valence-electron chi connectivity index (χ3n) is 5.11. The summed E-state index contributed by atoms with van der Waals surface area (Å²) >= 11 is 5.92. The first-order chi connectivity index (χ1) is 13.5. The van der Waals surface area contributed by atoms with Crippen molar-refractivity contribution in [1.82, 2.24) is 5.32 Å². The van der Waals surface area contributed by atoms with Gasteiger partial charge in [-0.1, -0.05) is 72.3 Å². The Morgan fingerprint density at radius 2 is 1.43 bits per heavy atom. The second-order valence-corrected chi connectivity index (χ2v) is 7.34. The van der Waals surface area contributed by atoms with Crippen molar-refractivity contribution in [3.05, 3.63) is 94.5 Å². The topological polar surface area (TPSA) is 72.2 Å². The summed E-state index contributed by atoms with van der Waals surface area (Å²) < 4.78 is 0. The van der Waals surface area contributed by atoms with Gasteiger partial charge in [-0.15, -0.1) is 0 Å². The van der Waals surface area contributed by atoms with E-state index in [2.05, 4.69) is 5.32 Å². The molecule has 1 aliphatic carbocycles. The Balaban J connectivity index is 1.61. The molecule has 0 heterocycles. The highest BCUT2D eigenvalue weighted by atomic mass is 35.5. The molecule has 5 heteroatoms. The van der Waals surface area contributed by atoms with Crippen LogP contribution in [0.1, 0.15) is 22.6 Å². The minimum atomic E-state index is -0.798. The molecule has 0 spiro atoms. The third-order valence-corrected chi connectivity index (χ3v) is 5.36. The lowest BCUT2D eigenvalue weighted by Crippen LogP contribution is -2.47. The second kappa shape index (κ2) is 7.49. The van der Waals surface area contributed by atoms with E-state index in [0.29, 0.717) is 11.4 Å². The molecular formula is C23H19ClN2O2. The van der Waals surface area contributed by atoms with Gasteiger partial charge in [0, 0.05) is 11.4 Å². The molecule has 0 radical (unpaired) electrons. The summed E-state index contributed by atoms with van der Waals surface area (Å²) in [5, 5.41) is 3.47. The van der Waals surface area contributed by atoms with E-state index in [4.69, 9.17) is 17.3 Å². The first-order valence-electron chi connectivity index (χ1n) is 9.07. The normalized spacial score (nSPS) is 13.5. The fourth-order valence-electron chi connectivity index (χ4n) is 3.77. The molecule has 0 saturated heterocycles. The highest BCUT2D eigenvalue weighted by Crippen LogP contribution is 2.44. The molecule has 0 aliphatic heterocycles. The van der Waals surface area contributed by atoms with Gasteiger partial charge in [-0.2, -0.15) is 0 Å². The van der Waals surface area contributed by atoms with E-state index in [1.54, 1.807) is 12.1 Å². The highest BCUT2D eigenvalue weighted by molar-refractivity contribution is 6.30. The predicted octanol–water partition coefficient (Wildman–Crippen LogP) is 3.67. The van der Waals surface area contributed by atoms with Crippen LogP contribution in [0.25, 0.3) is 11.1 Å². The number of amides is 2. The molecule has 0 aromatic heterocycles. The van der Waals surface area contributed by atoms with E-state index >= 15 is 0 Å². The Bertz CT molecular complexity index is 1000. The van der Waals surface area contributed by atoms with Crippen LogP contribution in [-0.2, 0) is 16.0 Å². The molecule has 1 aliphatic rings. The highest BCUT2D eigenvalue weighted by Gasteiger charge is 2.34. The molecule has 140 valence electrons. The SMILES string of the molecule is NC(=O)[C@H](Cc1ccc(Cl)cc1)NC(=O)C1c2ccccc2-c2ccccc21. The van der Waals surface area contributed by atoms with Gasteiger partial charge < -0.3 is 11.1 Å². The second-order valence-electron chi connectivity index (χ2n) is 6.90. The zero-order valence-electron chi connectivity index (χ0n) is 15.1. The summed E-state index contributed by atoms with van der Waals surface area (Å²) in [6.45, 7) is 0. The maximum absolute atomic E-state index is 13.2. The molecule has 3 aromatic carbocycles. The average molecular weight is 391 g/mol. The van der Waals surface area contributed by atoms with Crippen molar-refractivity contribution in [2.45, 2.75) is 18.4 Å². The van der Waals surface area contributed by atoms with E-state index in [-0.39, 0.29) is 5.91 Å². The lowest BCUT2D eigenvalue weighted by Gasteiger charge is -2.20. The standard InChI is InChI=1S/C23H19ClN2O2/c24-15-11-9-14(10-12-15)13-20(22(25)27)26-23(28)21-18-7-3-1-5-16(18)17-6-2-4-8-19(17)21/h1-12,20-21H,13H2,(H2,25,27)(H,26,28)/t20-/m0/s1. The third kappa shape index (κ3) is 3.39. The minimum Gasteiger partial charge on any atom is -0.368 e. The molecule has 0 unspecified atom stereocenters. The van der Waals surface area contributed by atoms with Gasteiger partial charge >= 0.3 is 0 Å². The van der Waals surface area contributed by atoms with Crippen LogP contribution in [0, 0.1) is 0 Å². The number of benzene rings is 3. The van der Waals surface area contributed by atoms with Crippen molar-refractivity contribution in [2.75, 3.05) is 0 Å². The molecule has 0 fully saturated rings. The maximum Gasteiger partial charge on any atom is 0.240 e. The summed E-state index contributed by atoms with van der Waals surface area (Å²) in [6.07, 6.45) is 0.314. The number of nitrogens with two attached hydrogens (primary N) is 1. The summed E-state index contributed by atoms with van der Waals surface area (Å²) in [6, 6.07) is 22.1. The van der Waals surface area contributed by atoms with Gasteiger partial charge in [0.05, 0.1) is 5.92 Å². The number of hydrogen-bond acceptors (Lipinski definition) is 2. The van der Waals surface area contributed by atoms with Gasteiger partial charge in [-0.3, -0.25) is 9.59 Å². The lowest BCUT2D eigenvalue weighted by atomic mass is 9.95. The summed E-state index contributed by atoms with van der Waals surface area (Å²) in [5.41, 5.74) is 10.4. The summed E-state index contributed by atoms with van der Waals surface area (Å²) in [5.74, 6) is -1.25. The quantitative estimate of drug-likeness (QED) is 0.697. The number of halogens is 1. The van der Waals surface area contributed by atoms with Gasteiger partial charge in [-0.05, 0) is 39.9 Å². The van der Waals surface area contributed by atoms with Crippen molar-refractivity contribution < 1.29 is 9.59 Å². The van der Waals surface area contributed by atoms with E-state index in [1.807, 2.05) is 60.7 Å². The molecular weight excluding hydrogens is 372 g/mol. The Morgan fingerprint density at radius 3 is 1.96 bits per heavy atom. The van der Waals surface area contributed by atoms with E-state index < -0.39 is 17.9 Å². The number of fused-ring (bicyclic) bond motifs is 3. The smallest absolute Gasteiger partial charge is 0.240 e. The molecule has 4 rings (SSSR count). The van der Waals surface area contributed by atoms with Crippen molar-refractivity contribution in [1.29, 1.82) is 0 Å². The van der Waals surface area contributed by atoms with Crippen molar-refractivity contribution in [2.24, 2.45) is 5.73 Å². The number of carbonyl (C=O) groups is 2. The Kier molecular flexibility index (Phi) is 4.88. The van der Waals surface area contributed by atoms with Crippen molar-refractivity contribution in [3.8, 4) is 11.1 Å². The van der Waals surface area contributed by atoms with Gasteiger partial charge in [0.15, 0.2) is 0 Å². The number of hydrogen-bond donors (Lipinski definition) is 2. The monoisotopic (exact) mass is 390 g/mol. The molecule has 0 saturated carbocycles. The van der Waals surface area contributed by atoms with Crippen LogP contribution in [0.4, 0.5) is 0 Å². The van der Waals surface area contributed by atoms with Crippen LogP contribution in [0.5, 0.6) is 0 Å². The lowest BCUT2D eigenvalue weighted by molar-refractivity contribution is -0.127. The Hall–Kier alpha value is -3.11. The molecule has 4 nitrogen and oxygen atoms in total. The van der Waals surface area contributed by atoms with Crippen LogP contribution in [0.3, 0.4) is 0 Å². The number of primary amides is 1. The molecule has 3 N–H and O–H groups in total. The zero-order chi connectivity index (χ0) is 19.7. The largest absolute Gasteiger partial charge is 0.368 e. The average Bonchev–Trinajstić information content (AvgIpc) is 3.03. The molecule has 2 amide bonds. The maximum atomic E-state index is 13.2. The van der Waals surface area contributed by atoms with E-state index in [0.717, 1.165) is 27.8 Å². The van der Waals surface area contributed by atoms with Crippen LogP contribution >= 0.6 is 11.6 Å². The van der Waals surface area contributed by atoms with Gasteiger partial charge in [0.25, 0.3) is 0 Å². The predicted molar refractivity (Wildman–Crippen MR) is 110 cm³/mol. The van der Waals surface area contributed by atoms with E-state index in [1.165, 1.54) is 0 Å². The van der Waals surface area contributed by atoms with Crippen molar-refractivity contribution >= 4 is 23.4 Å². The number of rotatable bonds is 5. The fourth-order valence-corrected chi connectivity index (χ4v) is 3.90. The van der Waals surface area contributed by atoms with Gasteiger partial charge in [-0.25, -0.2) is 0 Å². The zero-order valence-corrected chi connectivity index (χ0v) is 15.8. The van der Waals surface area contributed by atoms with Crippen LogP contribution in [0.2, 0.25) is 5.02 Å². The molecule has 3 aromatic rings. The van der Waals surface area contributed by atoms with Crippen LogP contribution in [0.15, 0.2) is 72.8 Å². The minimum absolute atomic E-state index is 0.227. The van der Waals surface area contributed by atoms with Crippen molar-refractivity contribution in [3.63, 3.8) is 0 Å². The summed E-state index contributed by atoms with van der Waals surface area (Å²) in [4.78, 5) is 25.2. The van der Waals surface area contributed by atoms with Gasteiger partial charge in [0.1, 0.15) is 6.04 Å². The van der Waals surface area contributed by atoms with Crippen LogP contribution < -0.4 is 11.1 Å². The molecule has 0 bridgehead atoms. The first-order valence-corrected chi connectivity index (χ1v) is 9.45. The van der Waals surface area contributed by atoms with E-state index in [9.17, 15) is 9.59 Å². The molecule has 1 atom stereocenters. The fraction of sp³-hybridized carbons (Fsp3) is 0.130. The molecule has 28 heavy (non-hydrogen) atoms. The Labute approximate surface area is 168 Å². The number of carbonyl (C=O) groups excluding carboxylic acids is 2. The van der Waals surface area contributed by atoms with Crippen LogP contribution in [-0.4, -0.2) is 17.9 Å². The summed E-state index contributed by atoms with van der Waals surface area (Å²) in [7, 11) is 0.